The summed E-state index contributed by atoms with van der Waals surface area (Å²) in [4.78, 5) is 28.3. The zero-order valence-electron chi connectivity index (χ0n) is 21.4. The average molecular weight is 502 g/mol. The van der Waals surface area contributed by atoms with Crippen molar-refractivity contribution in [3.8, 4) is 17.2 Å². The van der Waals surface area contributed by atoms with Gasteiger partial charge in [-0.15, -0.1) is 0 Å². The van der Waals surface area contributed by atoms with Crippen molar-refractivity contribution in [2.75, 3.05) is 18.1 Å². The van der Waals surface area contributed by atoms with E-state index in [0.717, 1.165) is 0 Å². The number of benzene rings is 3. The summed E-state index contributed by atoms with van der Waals surface area (Å²) in [7, 11) is 0. The van der Waals surface area contributed by atoms with E-state index in [-0.39, 0.29) is 17.4 Å². The third kappa shape index (κ3) is 5.31. The highest BCUT2D eigenvalue weighted by molar-refractivity contribution is 6.51. The first-order valence-corrected chi connectivity index (χ1v) is 12.4. The van der Waals surface area contributed by atoms with Gasteiger partial charge in [0.2, 0.25) is 0 Å². The summed E-state index contributed by atoms with van der Waals surface area (Å²) < 4.78 is 17.2. The molecule has 1 N–H and O–H groups in total. The van der Waals surface area contributed by atoms with E-state index in [1.54, 1.807) is 54.6 Å². The molecule has 1 atom stereocenters. The van der Waals surface area contributed by atoms with Gasteiger partial charge in [0.1, 0.15) is 23.0 Å². The van der Waals surface area contributed by atoms with Crippen molar-refractivity contribution in [1.29, 1.82) is 0 Å². The molecule has 0 radical (unpaired) electrons. The number of aliphatic hydroxyl groups is 1. The van der Waals surface area contributed by atoms with Gasteiger partial charge < -0.3 is 19.3 Å². The number of hydrogen-bond donors (Lipinski definition) is 1. The summed E-state index contributed by atoms with van der Waals surface area (Å²) in [5.41, 5.74) is 1.45. The smallest absolute Gasteiger partial charge is 0.300 e. The van der Waals surface area contributed by atoms with E-state index in [0.29, 0.717) is 47.3 Å². The van der Waals surface area contributed by atoms with Gasteiger partial charge in [0, 0.05) is 11.8 Å². The van der Waals surface area contributed by atoms with E-state index >= 15 is 0 Å². The lowest BCUT2D eigenvalue weighted by molar-refractivity contribution is -0.132. The molecular formula is C30H31NO6. The Morgan fingerprint density at radius 3 is 2.30 bits per heavy atom. The number of rotatable bonds is 9. The van der Waals surface area contributed by atoms with Crippen LogP contribution in [0.3, 0.4) is 0 Å². The van der Waals surface area contributed by atoms with Crippen molar-refractivity contribution in [3.05, 3.63) is 89.5 Å². The van der Waals surface area contributed by atoms with Gasteiger partial charge in [-0.25, -0.2) is 0 Å². The van der Waals surface area contributed by atoms with Crippen LogP contribution < -0.4 is 19.1 Å². The molecule has 1 fully saturated rings. The Morgan fingerprint density at radius 2 is 1.62 bits per heavy atom. The predicted molar refractivity (Wildman–Crippen MR) is 142 cm³/mol. The summed E-state index contributed by atoms with van der Waals surface area (Å²) in [5.74, 6) is -0.296. The fourth-order valence-corrected chi connectivity index (χ4v) is 4.41. The molecule has 0 bridgehead atoms. The monoisotopic (exact) mass is 501 g/mol. The average Bonchev–Trinajstić information content (AvgIpc) is 3.15. The maximum absolute atomic E-state index is 13.5. The highest BCUT2D eigenvalue weighted by atomic mass is 16.5. The number of anilines is 1. The molecule has 0 spiro atoms. The molecule has 1 saturated heterocycles. The number of Topliss-reactive ketones (excluding diaryl/α,β-unsaturated/α-hetero) is 1. The van der Waals surface area contributed by atoms with E-state index < -0.39 is 17.7 Å². The zero-order chi connectivity index (χ0) is 26.5. The van der Waals surface area contributed by atoms with Crippen LogP contribution in [-0.2, 0) is 9.59 Å². The molecule has 1 amide bonds. The minimum absolute atomic E-state index is 0.0272. The quantitative estimate of drug-likeness (QED) is 0.223. The Morgan fingerprint density at radius 1 is 0.892 bits per heavy atom. The lowest BCUT2D eigenvalue weighted by Crippen LogP contribution is -2.29. The molecule has 1 aliphatic rings. The van der Waals surface area contributed by atoms with Gasteiger partial charge in [-0.2, -0.15) is 0 Å². The maximum atomic E-state index is 13.5. The number of carbonyl (C=O) groups excluding carboxylic acids is 2. The molecule has 1 unspecified atom stereocenters. The molecular weight excluding hydrogens is 470 g/mol. The number of aliphatic hydroxyl groups excluding tert-OH is 1. The van der Waals surface area contributed by atoms with Gasteiger partial charge in [0.25, 0.3) is 11.7 Å². The summed E-state index contributed by atoms with van der Waals surface area (Å²) in [6, 6.07) is 20.3. The molecule has 192 valence electrons. The number of amides is 1. The summed E-state index contributed by atoms with van der Waals surface area (Å²) >= 11 is 0. The second-order valence-corrected chi connectivity index (χ2v) is 8.77. The predicted octanol–water partition coefficient (Wildman–Crippen LogP) is 5.90. The molecule has 0 aromatic heterocycles. The van der Waals surface area contributed by atoms with Gasteiger partial charge in [0.15, 0.2) is 0 Å². The molecule has 0 aliphatic carbocycles. The van der Waals surface area contributed by atoms with E-state index in [2.05, 4.69) is 0 Å². The molecule has 7 heteroatoms. The summed E-state index contributed by atoms with van der Waals surface area (Å²) in [5, 5.41) is 11.6. The van der Waals surface area contributed by atoms with Crippen molar-refractivity contribution in [3.63, 3.8) is 0 Å². The second-order valence-electron chi connectivity index (χ2n) is 8.77. The van der Waals surface area contributed by atoms with Crippen molar-refractivity contribution >= 4 is 23.1 Å². The lowest BCUT2D eigenvalue weighted by atomic mass is 9.94. The van der Waals surface area contributed by atoms with E-state index in [1.807, 2.05) is 45.9 Å². The second kappa shape index (κ2) is 11.2. The number of carbonyl (C=O) groups is 2. The summed E-state index contributed by atoms with van der Waals surface area (Å²) in [6.45, 7) is 8.34. The molecule has 1 aliphatic heterocycles. The molecule has 7 nitrogen and oxygen atoms in total. The molecule has 37 heavy (non-hydrogen) atoms. The van der Waals surface area contributed by atoms with E-state index in [9.17, 15) is 14.7 Å². The maximum Gasteiger partial charge on any atom is 0.300 e. The van der Waals surface area contributed by atoms with Crippen LogP contribution in [0.5, 0.6) is 17.2 Å². The normalized spacial score (nSPS) is 16.8. The van der Waals surface area contributed by atoms with Crippen LogP contribution in [0, 0.1) is 0 Å². The van der Waals surface area contributed by atoms with Gasteiger partial charge in [-0.05, 0) is 69.7 Å². The van der Waals surface area contributed by atoms with Crippen LogP contribution in [0.1, 0.15) is 44.9 Å². The fraction of sp³-hybridized carbons (Fsp3) is 0.267. The number of nitrogens with zero attached hydrogens (tertiary/aromatic N) is 1. The minimum atomic E-state index is -0.876. The largest absolute Gasteiger partial charge is 0.507 e. The number of hydrogen-bond acceptors (Lipinski definition) is 6. The SMILES string of the molecule is CCOc1ccc(/C(O)=C2\C(=O)C(=O)N(c3ccccc3)C2c2cccc(OC(C)C)c2)c(OCC)c1. The molecule has 4 rings (SSSR count). The Bertz CT molecular complexity index is 1310. The van der Waals surface area contributed by atoms with E-state index in [4.69, 9.17) is 14.2 Å². The Balaban J connectivity index is 1.93. The molecule has 1 heterocycles. The van der Waals surface area contributed by atoms with Gasteiger partial charge in [0.05, 0.1) is 36.5 Å². The number of ketones is 1. The van der Waals surface area contributed by atoms with Crippen molar-refractivity contribution in [1.82, 2.24) is 0 Å². The fourth-order valence-electron chi connectivity index (χ4n) is 4.41. The minimum Gasteiger partial charge on any atom is -0.507 e. The van der Waals surface area contributed by atoms with Crippen LogP contribution in [0.15, 0.2) is 78.4 Å². The molecule has 3 aromatic carbocycles. The number of ether oxygens (including phenoxy) is 3. The topological polar surface area (TPSA) is 85.3 Å². The van der Waals surface area contributed by atoms with Crippen molar-refractivity contribution < 1.29 is 28.9 Å². The lowest BCUT2D eigenvalue weighted by Gasteiger charge is -2.26. The zero-order valence-corrected chi connectivity index (χ0v) is 21.4. The van der Waals surface area contributed by atoms with Crippen LogP contribution in [0.25, 0.3) is 5.76 Å². The standard InChI is InChI=1S/C30H31NO6/c1-5-35-22-15-16-24(25(18-22)36-6-2)28(32)26-27(20-11-10-14-23(17-20)37-19(3)4)31(30(34)29(26)33)21-12-8-7-9-13-21/h7-19,27,32H,5-6H2,1-4H3/b28-26+. The number of para-hydroxylation sites is 1. The highest BCUT2D eigenvalue weighted by Gasteiger charge is 2.47. The van der Waals surface area contributed by atoms with Crippen molar-refractivity contribution in [2.45, 2.75) is 39.8 Å². The Kier molecular flexibility index (Phi) is 7.82. The van der Waals surface area contributed by atoms with Crippen LogP contribution >= 0.6 is 0 Å². The van der Waals surface area contributed by atoms with Gasteiger partial charge >= 0.3 is 0 Å². The highest BCUT2D eigenvalue weighted by Crippen LogP contribution is 2.44. The third-order valence-electron chi connectivity index (χ3n) is 5.84. The third-order valence-corrected chi connectivity index (χ3v) is 5.84. The molecule has 0 saturated carbocycles. The van der Waals surface area contributed by atoms with E-state index in [1.165, 1.54) is 4.90 Å². The first-order chi connectivity index (χ1) is 17.8. The van der Waals surface area contributed by atoms with Crippen molar-refractivity contribution in [2.24, 2.45) is 0 Å². The summed E-state index contributed by atoms with van der Waals surface area (Å²) in [6.07, 6.45) is -0.0617. The van der Waals surface area contributed by atoms with Crippen LogP contribution in [0.4, 0.5) is 5.69 Å². The van der Waals surface area contributed by atoms with Gasteiger partial charge in [-0.3, -0.25) is 14.5 Å². The first kappa shape index (κ1) is 25.8. The van der Waals surface area contributed by atoms with Crippen LogP contribution in [0.2, 0.25) is 0 Å². The Labute approximate surface area is 216 Å². The first-order valence-electron chi connectivity index (χ1n) is 12.4. The molecule has 3 aromatic rings. The Hall–Kier alpha value is -4.26. The van der Waals surface area contributed by atoms with Gasteiger partial charge in [-0.1, -0.05) is 30.3 Å². The van der Waals surface area contributed by atoms with Crippen LogP contribution in [-0.4, -0.2) is 36.1 Å².